The fourth-order valence-corrected chi connectivity index (χ4v) is 1.00. The van der Waals surface area contributed by atoms with Gasteiger partial charge in [-0.25, -0.2) is 0 Å². The van der Waals surface area contributed by atoms with E-state index < -0.39 is 14.2 Å². The zero-order chi connectivity index (χ0) is 5.86. The molecular formula is C4H10O2Se. The molecule has 0 aromatic rings. The van der Waals surface area contributed by atoms with Gasteiger partial charge in [0, 0.05) is 0 Å². The SMILES string of the molecule is CO[Se](=O)C(C)C. The first-order valence-corrected chi connectivity index (χ1v) is 4.52. The topological polar surface area (TPSA) is 26.3 Å². The van der Waals surface area contributed by atoms with Gasteiger partial charge in [0.1, 0.15) is 0 Å². The Bertz CT molecular complexity index is 70.1. The van der Waals surface area contributed by atoms with Crippen molar-refractivity contribution >= 4 is 14.2 Å². The van der Waals surface area contributed by atoms with Gasteiger partial charge in [-0.15, -0.1) is 0 Å². The maximum absolute atomic E-state index is 10.5. The first-order valence-electron chi connectivity index (χ1n) is 2.13. The molecular weight excluding hydrogens is 159 g/mol. The van der Waals surface area contributed by atoms with Gasteiger partial charge in [0.2, 0.25) is 0 Å². The van der Waals surface area contributed by atoms with Crippen LogP contribution in [0, 0.1) is 0 Å². The van der Waals surface area contributed by atoms with Crippen LogP contribution < -0.4 is 0 Å². The van der Waals surface area contributed by atoms with Crippen molar-refractivity contribution in [3.8, 4) is 0 Å². The third-order valence-corrected chi connectivity index (χ3v) is 2.85. The van der Waals surface area contributed by atoms with Crippen LogP contribution in [-0.4, -0.2) is 21.3 Å². The maximum atomic E-state index is 10.5. The third-order valence-electron chi connectivity index (χ3n) is 0.549. The summed E-state index contributed by atoms with van der Waals surface area (Å²) in [6, 6.07) is 0. The molecule has 0 saturated carbocycles. The third kappa shape index (κ3) is 2.92. The molecule has 7 heavy (non-hydrogen) atoms. The van der Waals surface area contributed by atoms with Crippen LogP contribution >= 0.6 is 0 Å². The fourth-order valence-electron chi connectivity index (χ4n) is 0.192. The van der Waals surface area contributed by atoms with Crippen molar-refractivity contribution in [1.82, 2.24) is 0 Å². The Balaban J connectivity index is 3.35. The van der Waals surface area contributed by atoms with E-state index in [4.69, 9.17) is 0 Å². The summed E-state index contributed by atoms with van der Waals surface area (Å²) in [7, 11) is 1.48. The van der Waals surface area contributed by atoms with Crippen molar-refractivity contribution in [3.05, 3.63) is 0 Å². The average Bonchev–Trinajstić information content (AvgIpc) is 1.65. The van der Waals surface area contributed by atoms with Gasteiger partial charge in [-0.1, -0.05) is 0 Å². The van der Waals surface area contributed by atoms with Gasteiger partial charge in [0.25, 0.3) is 0 Å². The minimum atomic E-state index is -1.89. The monoisotopic (exact) mass is 170 g/mol. The molecule has 0 spiro atoms. The van der Waals surface area contributed by atoms with Crippen molar-refractivity contribution in [2.24, 2.45) is 0 Å². The van der Waals surface area contributed by atoms with Crippen LogP contribution in [0.4, 0.5) is 0 Å². The summed E-state index contributed by atoms with van der Waals surface area (Å²) < 4.78 is 15.1. The summed E-state index contributed by atoms with van der Waals surface area (Å²) in [4.78, 5) is 0.213. The van der Waals surface area contributed by atoms with Crippen LogP contribution in [0.2, 0.25) is 4.82 Å². The van der Waals surface area contributed by atoms with Crippen LogP contribution in [0.15, 0.2) is 0 Å². The summed E-state index contributed by atoms with van der Waals surface area (Å²) in [6.45, 7) is 3.78. The van der Waals surface area contributed by atoms with Crippen molar-refractivity contribution in [3.63, 3.8) is 0 Å². The molecule has 0 saturated heterocycles. The molecule has 0 heterocycles. The van der Waals surface area contributed by atoms with E-state index in [-0.39, 0.29) is 4.82 Å². The van der Waals surface area contributed by atoms with Gasteiger partial charge in [-0.05, 0) is 0 Å². The summed E-state index contributed by atoms with van der Waals surface area (Å²) >= 11 is -1.89. The Morgan fingerprint density at radius 3 is 2.00 bits per heavy atom. The molecule has 0 bridgehead atoms. The van der Waals surface area contributed by atoms with E-state index in [2.05, 4.69) is 3.82 Å². The van der Waals surface area contributed by atoms with Crippen molar-refractivity contribution in [2.75, 3.05) is 7.11 Å². The van der Waals surface area contributed by atoms with Gasteiger partial charge < -0.3 is 0 Å². The summed E-state index contributed by atoms with van der Waals surface area (Å²) in [5.74, 6) is 0. The van der Waals surface area contributed by atoms with E-state index in [9.17, 15) is 3.83 Å². The molecule has 1 atom stereocenters. The molecule has 0 N–H and O–H groups in total. The predicted octanol–water partition coefficient (Wildman–Crippen LogP) is 0.961. The second kappa shape index (κ2) is 3.30. The Morgan fingerprint density at radius 2 is 2.00 bits per heavy atom. The molecule has 1 unspecified atom stereocenters. The number of hydrogen-bond acceptors (Lipinski definition) is 2. The van der Waals surface area contributed by atoms with Crippen LogP contribution in [-0.2, 0) is 7.65 Å². The first kappa shape index (κ1) is 7.28. The van der Waals surface area contributed by atoms with Gasteiger partial charge >= 0.3 is 47.6 Å². The molecule has 0 aliphatic carbocycles. The van der Waals surface area contributed by atoms with Gasteiger partial charge in [-0.2, -0.15) is 0 Å². The second-order valence-corrected chi connectivity index (χ2v) is 5.25. The number of rotatable bonds is 2. The van der Waals surface area contributed by atoms with E-state index in [0.717, 1.165) is 0 Å². The molecule has 0 rings (SSSR count). The van der Waals surface area contributed by atoms with Gasteiger partial charge in [0.15, 0.2) is 0 Å². The zero-order valence-corrected chi connectivity index (χ0v) is 6.52. The standard InChI is InChI=1S/C4H10O2Se/c1-4(2)7(5)6-3/h4H,1-3H3. The number of hydrogen-bond donors (Lipinski definition) is 0. The summed E-state index contributed by atoms with van der Waals surface area (Å²) in [5, 5.41) is 0. The Hall–Kier alpha value is 0.279. The van der Waals surface area contributed by atoms with Gasteiger partial charge in [0.05, 0.1) is 0 Å². The molecule has 0 fully saturated rings. The molecule has 44 valence electrons. The quantitative estimate of drug-likeness (QED) is 0.575. The van der Waals surface area contributed by atoms with Crippen molar-refractivity contribution < 1.29 is 7.65 Å². The van der Waals surface area contributed by atoms with Crippen LogP contribution in [0.25, 0.3) is 0 Å². The molecule has 3 heteroatoms. The average molecular weight is 169 g/mol. The van der Waals surface area contributed by atoms with E-state index in [0.29, 0.717) is 0 Å². The molecule has 0 aliphatic heterocycles. The predicted molar refractivity (Wildman–Crippen MR) is 28.5 cm³/mol. The van der Waals surface area contributed by atoms with E-state index >= 15 is 0 Å². The normalized spacial score (nSPS) is 14.9. The molecule has 0 aromatic heterocycles. The Kier molecular flexibility index (Phi) is 3.43. The van der Waals surface area contributed by atoms with E-state index in [1.165, 1.54) is 7.11 Å². The molecule has 0 radical (unpaired) electrons. The zero-order valence-electron chi connectivity index (χ0n) is 4.80. The van der Waals surface area contributed by atoms with Crippen LogP contribution in [0.1, 0.15) is 13.8 Å². The first-order chi connectivity index (χ1) is 3.18. The van der Waals surface area contributed by atoms with E-state index in [1.54, 1.807) is 0 Å². The van der Waals surface area contributed by atoms with Crippen LogP contribution in [0.3, 0.4) is 0 Å². The Labute approximate surface area is 48.3 Å². The molecule has 0 amide bonds. The Morgan fingerprint density at radius 1 is 1.57 bits per heavy atom. The van der Waals surface area contributed by atoms with Crippen LogP contribution in [0.5, 0.6) is 0 Å². The molecule has 0 aliphatic rings. The van der Waals surface area contributed by atoms with Crippen molar-refractivity contribution in [1.29, 1.82) is 0 Å². The molecule has 0 aromatic carbocycles. The van der Waals surface area contributed by atoms with Gasteiger partial charge in [-0.3, -0.25) is 0 Å². The molecule has 2 nitrogen and oxygen atoms in total. The summed E-state index contributed by atoms with van der Waals surface area (Å²) in [6.07, 6.45) is 0. The fraction of sp³-hybridized carbons (Fsp3) is 1.00. The van der Waals surface area contributed by atoms with E-state index in [1.807, 2.05) is 13.8 Å². The second-order valence-electron chi connectivity index (χ2n) is 1.48. The summed E-state index contributed by atoms with van der Waals surface area (Å²) in [5.41, 5.74) is 0. The minimum absolute atomic E-state index is 0.213. The van der Waals surface area contributed by atoms with Crippen molar-refractivity contribution in [2.45, 2.75) is 18.7 Å².